The summed E-state index contributed by atoms with van der Waals surface area (Å²) in [6.45, 7) is 8.87. The van der Waals surface area contributed by atoms with Crippen LogP contribution in [0, 0.1) is 5.92 Å². The molecule has 0 aromatic rings. The number of unbranched alkanes of at least 4 members (excludes halogenated alkanes) is 2. The normalized spacial score (nSPS) is 12.4. The van der Waals surface area contributed by atoms with Crippen molar-refractivity contribution in [1.82, 2.24) is 5.32 Å². The van der Waals surface area contributed by atoms with E-state index in [0.717, 1.165) is 19.5 Å². The van der Waals surface area contributed by atoms with Crippen LogP contribution in [-0.4, -0.2) is 25.7 Å². The van der Waals surface area contributed by atoms with Gasteiger partial charge in [-0.2, -0.15) is 0 Å². The van der Waals surface area contributed by atoms with Gasteiger partial charge in [-0.1, -0.05) is 46.5 Å². The van der Waals surface area contributed by atoms with Crippen LogP contribution >= 0.6 is 0 Å². The van der Waals surface area contributed by atoms with Crippen LogP contribution in [-0.2, 0) is 9.53 Å². The number of hydrogen-bond donors (Lipinski definition) is 1. The van der Waals surface area contributed by atoms with Gasteiger partial charge in [-0.3, -0.25) is 4.79 Å². The van der Waals surface area contributed by atoms with Crippen molar-refractivity contribution < 1.29 is 9.53 Å². The molecule has 0 aliphatic heterocycles. The Hall–Kier alpha value is -0.570. The van der Waals surface area contributed by atoms with Crippen molar-refractivity contribution in [3.63, 3.8) is 0 Å². The zero-order valence-electron chi connectivity index (χ0n) is 12.5. The first kappa shape index (κ1) is 17.4. The lowest BCUT2D eigenvalue weighted by Gasteiger charge is -2.14. The molecule has 108 valence electrons. The van der Waals surface area contributed by atoms with Crippen LogP contribution in [0.2, 0.25) is 0 Å². The second-order valence-electron chi connectivity index (χ2n) is 4.95. The van der Waals surface area contributed by atoms with Crippen molar-refractivity contribution in [1.29, 1.82) is 0 Å². The Morgan fingerprint density at radius 3 is 2.44 bits per heavy atom. The molecular formula is C15H31NO2. The van der Waals surface area contributed by atoms with Gasteiger partial charge in [-0.05, 0) is 25.3 Å². The van der Waals surface area contributed by atoms with Gasteiger partial charge in [0.1, 0.15) is 0 Å². The number of ether oxygens (including phenoxy) is 1. The number of hydrogen-bond acceptors (Lipinski definition) is 3. The molecule has 0 aliphatic rings. The molecule has 0 spiro atoms. The Balaban J connectivity index is 3.49. The van der Waals surface area contributed by atoms with E-state index < -0.39 is 0 Å². The van der Waals surface area contributed by atoms with Crippen molar-refractivity contribution in [2.24, 2.45) is 5.92 Å². The summed E-state index contributed by atoms with van der Waals surface area (Å²) in [4.78, 5) is 11.5. The molecule has 0 radical (unpaired) electrons. The highest BCUT2D eigenvalue weighted by atomic mass is 16.5. The smallest absolute Gasteiger partial charge is 0.307 e. The molecular weight excluding hydrogens is 226 g/mol. The van der Waals surface area contributed by atoms with Crippen molar-refractivity contribution >= 4 is 5.97 Å². The van der Waals surface area contributed by atoms with Gasteiger partial charge in [0.15, 0.2) is 0 Å². The fraction of sp³-hybridized carbons (Fsp3) is 0.933. The lowest BCUT2D eigenvalue weighted by atomic mass is 10.0. The highest BCUT2D eigenvalue weighted by molar-refractivity contribution is 5.69. The minimum atomic E-state index is -0.0612. The molecule has 0 saturated carbocycles. The van der Waals surface area contributed by atoms with Crippen molar-refractivity contribution in [3.8, 4) is 0 Å². The molecule has 0 rings (SSSR count). The van der Waals surface area contributed by atoms with Crippen LogP contribution in [0.25, 0.3) is 0 Å². The first-order valence-corrected chi connectivity index (χ1v) is 7.60. The second kappa shape index (κ2) is 12.9. The van der Waals surface area contributed by atoms with Gasteiger partial charge in [0.2, 0.25) is 0 Å². The number of carbonyl (C=O) groups excluding carboxylic acids is 1. The summed E-state index contributed by atoms with van der Waals surface area (Å²) < 4.78 is 5.32. The van der Waals surface area contributed by atoms with Gasteiger partial charge in [-0.15, -0.1) is 0 Å². The fourth-order valence-electron chi connectivity index (χ4n) is 1.80. The van der Waals surface area contributed by atoms with Gasteiger partial charge >= 0.3 is 5.97 Å². The highest BCUT2D eigenvalue weighted by Gasteiger charge is 2.09. The summed E-state index contributed by atoms with van der Waals surface area (Å²) in [6, 6.07) is 0. The van der Waals surface area contributed by atoms with Crippen molar-refractivity contribution in [2.45, 2.75) is 65.7 Å². The molecule has 1 unspecified atom stereocenters. The molecule has 0 amide bonds. The average molecular weight is 257 g/mol. The van der Waals surface area contributed by atoms with E-state index in [1.165, 1.54) is 32.1 Å². The maximum atomic E-state index is 11.5. The third kappa shape index (κ3) is 10.6. The highest BCUT2D eigenvalue weighted by Crippen LogP contribution is 2.12. The van der Waals surface area contributed by atoms with Gasteiger partial charge in [-0.25, -0.2) is 0 Å². The largest absolute Gasteiger partial charge is 0.465 e. The van der Waals surface area contributed by atoms with E-state index in [-0.39, 0.29) is 5.97 Å². The zero-order valence-corrected chi connectivity index (χ0v) is 12.5. The molecule has 0 fully saturated rings. The average Bonchev–Trinajstić information content (AvgIpc) is 2.39. The minimum absolute atomic E-state index is 0.0612. The second-order valence-corrected chi connectivity index (χ2v) is 4.95. The zero-order chi connectivity index (χ0) is 13.6. The molecule has 0 bridgehead atoms. The molecule has 1 atom stereocenters. The molecule has 0 heterocycles. The van der Waals surface area contributed by atoms with E-state index in [2.05, 4.69) is 26.1 Å². The quantitative estimate of drug-likeness (QED) is 0.429. The summed E-state index contributed by atoms with van der Waals surface area (Å²) in [6.07, 6.45) is 7.57. The van der Waals surface area contributed by atoms with Crippen LogP contribution in [0.15, 0.2) is 0 Å². The SMILES string of the molecule is CCCCNCCC(=O)OCC(CC)CCCC. The molecule has 0 saturated heterocycles. The van der Waals surface area contributed by atoms with E-state index in [1.54, 1.807) is 0 Å². The topological polar surface area (TPSA) is 38.3 Å². The molecule has 1 N–H and O–H groups in total. The van der Waals surface area contributed by atoms with E-state index in [4.69, 9.17) is 4.74 Å². The van der Waals surface area contributed by atoms with Crippen LogP contribution in [0.5, 0.6) is 0 Å². The number of rotatable bonds is 12. The lowest BCUT2D eigenvalue weighted by molar-refractivity contribution is -0.145. The van der Waals surface area contributed by atoms with Gasteiger partial charge in [0.25, 0.3) is 0 Å². The molecule has 0 aromatic heterocycles. The Morgan fingerprint density at radius 2 is 1.83 bits per heavy atom. The maximum absolute atomic E-state index is 11.5. The van der Waals surface area contributed by atoms with Gasteiger partial charge in [0, 0.05) is 6.54 Å². The molecule has 3 heteroatoms. The maximum Gasteiger partial charge on any atom is 0.307 e. The predicted molar refractivity (Wildman–Crippen MR) is 76.7 cm³/mol. The fourth-order valence-corrected chi connectivity index (χ4v) is 1.80. The molecule has 18 heavy (non-hydrogen) atoms. The minimum Gasteiger partial charge on any atom is -0.465 e. The summed E-state index contributed by atoms with van der Waals surface area (Å²) in [5.74, 6) is 0.482. The van der Waals surface area contributed by atoms with E-state index in [1.807, 2.05) is 0 Å². The van der Waals surface area contributed by atoms with E-state index >= 15 is 0 Å². The molecule has 0 aliphatic carbocycles. The summed E-state index contributed by atoms with van der Waals surface area (Å²) in [5, 5.41) is 3.25. The Kier molecular flexibility index (Phi) is 12.5. The standard InChI is InChI=1S/C15H31NO2/c1-4-7-9-14(6-3)13-18-15(17)10-12-16-11-8-5-2/h14,16H,4-13H2,1-3H3. The number of esters is 1. The summed E-state index contributed by atoms with van der Waals surface area (Å²) in [5.41, 5.74) is 0. The predicted octanol–water partition coefficient (Wildman–Crippen LogP) is 3.53. The monoisotopic (exact) mass is 257 g/mol. The molecule has 3 nitrogen and oxygen atoms in total. The summed E-state index contributed by atoms with van der Waals surface area (Å²) in [7, 11) is 0. The van der Waals surface area contributed by atoms with Crippen LogP contribution in [0.1, 0.15) is 65.7 Å². The van der Waals surface area contributed by atoms with Crippen LogP contribution < -0.4 is 5.32 Å². The Morgan fingerprint density at radius 1 is 1.11 bits per heavy atom. The van der Waals surface area contributed by atoms with E-state index in [9.17, 15) is 4.79 Å². The first-order valence-electron chi connectivity index (χ1n) is 7.60. The van der Waals surface area contributed by atoms with Crippen molar-refractivity contribution in [3.05, 3.63) is 0 Å². The van der Waals surface area contributed by atoms with Crippen molar-refractivity contribution in [2.75, 3.05) is 19.7 Å². The molecule has 0 aromatic carbocycles. The Labute approximate surface area is 113 Å². The summed E-state index contributed by atoms with van der Waals surface area (Å²) >= 11 is 0. The third-order valence-corrected chi connectivity index (χ3v) is 3.24. The van der Waals surface area contributed by atoms with Gasteiger partial charge < -0.3 is 10.1 Å². The number of carbonyl (C=O) groups is 1. The third-order valence-electron chi connectivity index (χ3n) is 3.24. The Bertz CT molecular complexity index is 195. The first-order chi connectivity index (χ1) is 8.74. The van der Waals surface area contributed by atoms with Gasteiger partial charge in [0.05, 0.1) is 13.0 Å². The number of nitrogens with one attached hydrogen (secondary N) is 1. The van der Waals surface area contributed by atoms with Crippen LogP contribution in [0.4, 0.5) is 0 Å². The lowest BCUT2D eigenvalue weighted by Crippen LogP contribution is -2.21. The van der Waals surface area contributed by atoms with E-state index in [0.29, 0.717) is 18.9 Å². The van der Waals surface area contributed by atoms with Crippen LogP contribution in [0.3, 0.4) is 0 Å².